The standard InChI is InChI=1S/C29H3F12N7/c30-20-18(22(32)26(34)47-24(20)28(36,37)38)13(7-45)16-15(12(6-44)11-2-1-9(4-42)3-10(11)5-43)17(16)14(8-46)19-21(31)25(29(39,40)41)48-27(35)23(19)33/h1-3H/b15-12-,16-13?,17-14-. The van der Waals surface area contributed by atoms with Crippen molar-refractivity contribution < 1.29 is 52.7 Å². The van der Waals surface area contributed by atoms with Crippen LogP contribution < -0.4 is 0 Å². The second kappa shape index (κ2) is 11.9. The Bertz CT molecular complexity index is 2170. The summed E-state index contributed by atoms with van der Waals surface area (Å²) in [5, 5.41) is 48.4. The van der Waals surface area contributed by atoms with Crippen molar-refractivity contribution in [2.24, 2.45) is 0 Å². The van der Waals surface area contributed by atoms with E-state index in [1.54, 1.807) is 12.1 Å². The predicted octanol–water partition coefficient (Wildman–Crippen LogP) is 7.34. The zero-order valence-electron chi connectivity index (χ0n) is 22.4. The molecule has 0 bridgehead atoms. The monoisotopic (exact) mass is 677 g/mol. The third-order valence-electron chi connectivity index (χ3n) is 6.42. The van der Waals surface area contributed by atoms with Crippen molar-refractivity contribution in [3.05, 3.63) is 109 Å². The van der Waals surface area contributed by atoms with Crippen molar-refractivity contribution in [1.29, 1.82) is 26.3 Å². The lowest BCUT2D eigenvalue weighted by Crippen LogP contribution is -2.16. The Labute approximate surface area is 258 Å². The van der Waals surface area contributed by atoms with Crippen molar-refractivity contribution >= 4 is 16.7 Å². The fourth-order valence-electron chi connectivity index (χ4n) is 4.43. The van der Waals surface area contributed by atoms with Crippen molar-refractivity contribution in [3.8, 4) is 30.3 Å². The van der Waals surface area contributed by atoms with Gasteiger partial charge >= 0.3 is 12.4 Å². The molecule has 1 aliphatic rings. The van der Waals surface area contributed by atoms with Crippen LogP contribution in [0.5, 0.6) is 0 Å². The first-order chi connectivity index (χ1) is 22.4. The molecule has 238 valence electrons. The van der Waals surface area contributed by atoms with E-state index in [2.05, 4.69) is 9.97 Å². The fourth-order valence-corrected chi connectivity index (χ4v) is 4.43. The summed E-state index contributed by atoms with van der Waals surface area (Å²) in [6.07, 6.45) is -11.7. The minimum absolute atomic E-state index is 0.206. The molecule has 48 heavy (non-hydrogen) atoms. The smallest absolute Gasteiger partial charge is 0.209 e. The number of nitrogens with zero attached hydrogens (tertiary/aromatic N) is 7. The van der Waals surface area contributed by atoms with E-state index in [9.17, 15) is 65.0 Å². The fraction of sp³-hybridized carbons (Fsp3) is 0.0690. The maximum absolute atomic E-state index is 15.2. The van der Waals surface area contributed by atoms with Crippen LogP contribution >= 0.6 is 0 Å². The van der Waals surface area contributed by atoms with Crippen LogP contribution in [0.15, 0.2) is 34.9 Å². The summed E-state index contributed by atoms with van der Waals surface area (Å²) < 4.78 is 169. The number of hydrogen-bond acceptors (Lipinski definition) is 7. The summed E-state index contributed by atoms with van der Waals surface area (Å²) >= 11 is 0. The summed E-state index contributed by atoms with van der Waals surface area (Å²) in [5.41, 5.74) is -18.9. The third-order valence-corrected chi connectivity index (χ3v) is 6.42. The first-order valence-electron chi connectivity index (χ1n) is 12.0. The number of rotatable bonds is 3. The van der Waals surface area contributed by atoms with Gasteiger partial charge in [0.15, 0.2) is 34.7 Å². The van der Waals surface area contributed by atoms with Crippen LogP contribution in [0.25, 0.3) is 16.7 Å². The maximum Gasteiger partial charge on any atom is 0.436 e. The Balaban J connectivity index is 2.33. The second-order valence-electron chi connectivity index (χ2n) is 9.07. The van der Waals surface area contributed by atoms with Gasteiger partial charge < -0.3 is 0 Å². The SMILES string of the molecule is N#CC(=C1C(=C(\C#N)c2ccc(C#N)cc2C#N)/C1=C(\C#N)c1c(F)c(F)nc(C(F)(F)F)c1F)c1c(F)c(F)nc(C(F)(F)F)c1F. The molecule has 0 saturated heterocycles. The van der Waals surface area contributed by atoms with Crippen molar-refractivity contribution in [2.75, 3.05) is 0 Å². The lowest BCUT2D eigenvalue weighted by atomic mass is 9.97. The number of alkyl halides is 6. The molecule has 3 aromatic rings. The van der Waals surface area contributed by atoms with Crippen molar-refractivity contribution in [2.45, 2.75) is 12.4 Å². The van der Waals surface area contributed by atoms with Gasteiger partial charge in [-0.05, 0) is 12.1 Å². The summed E-state index contributed by atoms with van der Waals surface area (Å²) in [6, 6.07) is 9.29. The van der Waals surface area contributed by atoms with Crippen LogP contribution in [-0.2, 0) is 12.4 Å². The van der Waals surface area contributed by atoms with Gasteiger partial charge in [-0.3, -0.25) is 0 Å². The molecule has 2 heterocycles. The molecule has 0 radical (unpaired) electrons. The van der Waals surface area contributed by atoms with Gasteiger partial charge in [0.05, 0.1) is 51.1 Å². The van der Waals surface area contributed by atoms with Gasteiger partial charge in [0.25, 0.3) is 0 Å². The molecule has 0 spiro atoms. The summed E-state index contributed by atoms with van der Waals surface area (Å²) in [6.45, 7) is 0. The predicted molar refractivity (Wildman–Crippen MR) is 132 cm³/mol. The lowest BCUT2D eigenvalue weighted by Gasteiger charge is -2.11. The average Bonchev–Trinajstić information content (AvgIpc) is 3.73. The van der Waals surface area contributed by atoms with E-state index >= 15 is 8.78 Å². The molecule has 0 aliphatic heterocycles. The third kappa shape index (κ3) is 5.52. The molecule has 1 aromatic carbocycles. The second-order valence-corrected chi connectivity index (χ2v) is 9.07. The van der Waals surface area contributed by atoms with E-state index < -0.39 is 115 Å². The van der Waals surface area contributed by atoms with Crippen LogP contribution in [0.3, 0.4) is 0 Å². The number of allylic oxidation sites excluding steroid dienone is 6. The first-order valence-corrected chi connectivity index (χ1v) is 12.0. The summed E-state index contributed by atoms with van der Waals surface area (Å²) in [5.74, 6) is -15.9. The number of benzene rings is 1. The molecule has 7 nitrogen and oxygen atoms in total. The number of pyridine rings is 2. The van der Waals surface area contributed by atoms with Gasteiger partial charge in [-0.15, -0.1) is 0 Å². The molecular weight excluding hydrogens is 674 g/mol. The Kier molecular flexibility index (Phi) is 8.51. The first kappa shape index (κ1) is 34.2. The zero-order chi connectivity index (χ0) is 36.0. The van der Waals surface area contributed by atoms with Gasteiger partial charge in [-0.2, -0.15) is 61.4 Å². The van der Waals surface area contributed by atoms with Crippen LogP contribution in [-0.4, -0.2) is 9.97 Å². The molecular formula is C29H3F12N7. The van der Waals surface area contributed by atoms with Gasteiger partial charge in [0.1, 0.15) is 18.2 Å². The molecule has 19 heteroatoms. The highest BCUT2D eigenvalue weighted by atomic mass is 19.4. The van der Waals surface area contributed by atoms with E-state index in [0.717, 1.165) is 30.3 Å². The highest BCUT2D eigenvalue weighted by Gasteiger charge is 2.47. The largest absolute Gasteiger partial charge is 0.436 e. The van der Waals surface area contributed by atoms with E-state index in [0.29, 0.717) is 0 Å². The number of aromatic nitrogens is 2. The van der Waals surface area contributed by atoms with Gasteiger partial charge in [-0.25, -0.2) is 27.5 Å². The normalized spacial score (nSPS) is 15.7. The molecule has 4 rings (SSSR count). The van der Waals surface area contributed by atoms with Gasteiger partial charge in [0, 0.05) is 22.3 Å². The lowest BCUT2D eigenvalue weighted by molar-refractivity contribution is -0.145. The van der Waals surface area contributed by atoms with Crippen LogP contribution in [0.4, 0.5) is 52.7 Å². The van der Waals surface area contributed by atoms with E-state index in [-0.39, 0.29) is 5.56 Å². The highest BCUT2D eigenvalue weighted by Crippen LogP contribution is 2.57. The molecule has 1 aliphatic carbocycles. The molecule has 0 N–H and O–H groups in total. The van der Waals surface area contributed by atoms with Crippen LogP contribution in [0, 0.1) is 91.8 Å². The summed E-state index contributed by atoms with van der Waals surface area (Å²) in [4.78, 5) is 4.24. The Morgan fingerprint density at radius 3 is 1.27 bits per heavy atom. The van der Waals surface area contributed by atoms with E-state index in [1.165, 1.54) is 6.07 Å². The maximum atomic E-state index is 15.2. The van der Waals surface area contributed by atoms with E-state index in [4.69, 9.17) is 5.26 Å². The topological polar surface area (TPSA) is 145 Å². The number of hydrogen-bond donors (Lipinski definition) is 0. The molecule has 1 fully saturated rings. The molecule has 2 aromatic heterocycles. The Hall–Kier alpha value is -6.65. The Morgan fingerprint density at radius 2 is 0.938 bits per heavy atom. The Morgan fingerprint density at radius 1 is 0.542 bits per heavy atom. The molecule has 0 atom stereocenters. The molecule has 0 unspecified atom stereocenters. The van der Waals surface area contributed by atoms with Crippen LogP contribution in [0.1, 0.15) is 39.2 Å². The zero-order valence-corrected chi connectivity index (χ0v) is 22.4. The van der Waals surface area contributed by atoms with Crippen LogP contribution in [0.2, 0.25) is 0 Å². The molecule has 0 amide bonds. The van der Waals surface area contributed by atoms with Gasteiger partial charge in [0.2, 0.25) is 11.9 Å². The number of halogens is 12. The summed E-state index contributed by atoms with van der Waals surface area (Å²) in [7, 11) is 0. The highest BCUT2D eigenvalue weighted by molar-refractivity contribution is 6.12. The van der Waals surface area contributed by atoms with E-state index in [1.807, 2.05) is 0 Å². The minimum Gasteiger partial charge on any atom is -0.209 e. The van der Waals surface area contributed by atoms with Gasteiger partial charge in [-0.1, -0.05) is 6.07 Å². The minimum atomic E-state index is -5.84. The number of nitriles is 5. The van der Waals surface area contributed by atoms with Crippen molar-refractivity contribution in [1.82, 2.24) is 9.97 Å². The molecule has 1 saturated carbocycles. The van der Waals surface area contributed by atoms with Crippen molar-refractivity contribution in [3.63, 3.8) is 0 Å². The quantitative estimate of drug-likeness (QED) is 0.160. The average molecular weight is 677 g/mol.